The molecule has 2 aromatic heterocycles. The molecule has 5 heterocycles. The van der Waals surface area contributed by atoms with Gasteiger partial charge in [0, 0.05) is 58.9 Å². The molecular formula is C32H43Cl2N9O5. The summed E-state index contributed by atoms with van der Waals surface area (Å²) in [7, 11) is 3.09. The number of imidazole rings is 1. The molecule has 1 amide bonds. The van der Waals surface area contributed by atoms with Gasteiger partial charge in [0.05, 0.1) is 16.6 Å². The van der Waals surface area contributed by atoms with E-state index in [4.69, 9.17) is 37.7 Å². The third kappa shape index (κ3) is 7.15. The third-order valence-corrected chi connectivity index (χ3v) is 9.92. The van der Waals surface area contributed by atoms with Gasteiger partial charge in [-0.3, -0.25) is 28.8 Å². The molecule has 3 aromatic rings. The number of aryl methyl sites for hydroxylation is 1. The first kappa shape index (κ1) is 34.1. The maximum Gasteiger partial charge on any atom is 0.410 e. The van der Waals surface area contributed by atoms with Gasteiger partial charge in [0.25, 0.3) is 5.56 Å². The molecular weight excluding hydrogens is 661 g/mol. The predicted molar refractivity (Wildman–Crippen MR) is 185 cm³/mol. The summed E-state index contributed by atoms with van der Waals surface area (Å²) in [6.45, 7) is 11.4. The number of hydrogen-bond donors (Lipinski definition) is 1. The molecule has 3 aliphatic heterocycles. The maximum absolute atomic E-state index is 13.5. The molecule has 1 atom stereocenters. The fourth-order valence-electron chi connectivity index (χ4n) is 6.44. The summed E-state index contributed by atoms with van der Waals surface area (Å²) >= 11 is 12.3. The van der Waals surface area contributed by atoms with Crippen LogP contribution in [0.4, 0.5) is 10.7 Å². The zero-order valence-corrected chi connectivity index (χ0v) is 29.6. The van der Waals surface area contributed by atoms with E-state index < -0.39 is 23.1 Å². The van der Waals surface area contributed by atoms with Crippen LogP contribution < -0.4 is 21.6 Å². The van der Waals surface area contributed by atoms with Crippen LogP contribution in [0.5, 0.6) is 0 Å². The molecule has 3 aliphatic rings. The van der Waals surface area contributed by atoms with Crippen LogP contribution in [0, 0.1) is 5.92 Å². The summed E-state index contributed by atoms with van der Waals surface area (Å²) in [6.07, 6.45) is 2.20. The topological polar surface area (TPSA) is 131 Å². The fraction of sp³-hybridized carbons (Fsp3) is 0.594. The highest BCUT2D eigenvalue weighted by molar-refractivity contribution is 6.42. The highest BCUT2D eigenvalue weighted by atomic mass is 35.5. The summed E-state index contributed by atoms with van der Waals surface area (Å²) in [5.74, 6) is 1.53. The number of aromatic nitrogens is 4. The Kier molecular flexibility index (Phi) is 9.69. The van der Waals surface area contributed by atoms with Gasteiger partial charge < -0.3 is 19.3 Å². The van der Waals surface area contributed by atoms with Gasteiger partial charge in [-0.1, -0.05) is 23.2 Å². The van der Waals surface area contributed by atoms with E-state index in [1.165, 1.54) is 11.6 Å². The van der Waals surface area contributed by atoms with Crippen LogP contribution in [0.15, 0.2) is 32.9 Å². The molecule has 1 N–H and O–H groups in total. The number of piperidine rings is 1. The van der Waals surface area contributed by atoms with E-state index >= 15 is 0 Å². The van der Waals surface area contributed by atoms with E-state index in [-0.39, 0.29) is 12.6 Å². The predicted octanol–water partition coefficient (Wildman–Crippen LogP) is 3.21. The summed E-state index contributed by atoms with van der Waals surface area (Å²) in [5.41, 5.74) is 2.97. The van der Waals surface area contributed by atoms with Crippen molar-refractivity contribution in [1.29, 1.82) is 0 Å². The number of nitrogens with zero attached hydrogens (tertiary/aromatic N) is 8. The normalized spacial score (nSPS) is 19.4. The van der Waals surface area contributed by atoms with Crippen LogP contribution >= 0.6 is 23.2 Å². The highest BCUT2D eigenvalue weighted by Crippen LogP contribution is 2.27. The van der Waals surface area contributed by atoms with Crippen molar-refractivity contribution in [2.45, 2.75) is 58.4 Å². The number of piperazine rings is 1. The largest absolute Gasteiger partial charge is 0.449 e. The van der Waals surface area contributed by atoms with Gasteiger partial charge in [0.2, 0.25) is 18.1 Å². The minimum absolute atomic E-state index is 0.218. The van der Waals surface area contributed by atoms with Gasteiger partial charge in [-0.15, -0.1) is 5.10 Å². The lowest BCUT2D eigenvalue weighted by atomic mass is 9.93. The van der Waals surface area contributed by atoms with Crippen LogP contribution in [-0.2, 0) is 30.1 Å². The summed E-state index contributed by atoms with van der Waals surface area (Å²) in [4.78, 5) is 50.0. The van der Waals surface area contributed by atoms with Crippen LogP contribution in [0.1, 0.15) is 45.6 Å². The number of fused-ring (bicyclic) bond motifs is 1. The van der Waals surface area contributed by atoms with Crippen molar-refractivity contribution in [3.63, 3.8) is 0 Å². The molecule has 0 radical (unpaired) electrons. The van der Waals surface area contributed by atoms with Crippen LogP contribution in [-0.4, -0.2) is 98.1 Å². The second kappa shape index (κ2) is 13.6. The smallest absolute Gasteiger partial charge is 0.410 e. The molecule has 0 spiro atoms. The van der Waals surface area contributed by atoms with E-state index in [0.29, 0.717) is 57.6 Å². The van der Waals surface area contributed by atoms with Crippen molar-refractivity contribution >= 4 is 52.3 Å². The second-order valence-electron chi connectivity index (χ2n) is 13.7. The minimum Gasteiger partial charge on any atom is -0.449 e. The Labute approximate surface area is 288 Å². The molecule has 0 aliphatic carbocycles. The summed E-state index contributed by atoms with van der Waals surface area (Å²) in [6, 6.07) is 5.13. The Morgan fingerprint density at radius 1 is 1.02 bits per heavy atom. The van der Waals surface area contributed by atoms with E-state index in [0.717, 1.165) is 56.6 Å². The van der Waals surface area contributed by atoms with Crippen molar-refractivity contribution in [2.24, 2.45) is 25.1 Å². The molecule has 16 heteroatoms. The van der Waals surface area contributed by atoms with Crippen LogP contribution in [0.25, 0.3) is 11.2 Å². The first-order valence-corrected chi connectivity index (χ1v) is 17.1. The molecule has 1 aromatic carbocycles. The lowest BCUT2D eigenvalue weighted by Gasteiger charge is -2.37. The van der Waals surface area contributed by atoms with Crippen molar-refractivity contribution in [3.05, 3.63) is 54.6 Å². The van der Waals surface area contributed by atoms with E-state index in [1.54, 1.807) is 25.2 Å². The number of hydrogen-bond acceptors (Lipinski definition) is 10. The van der Waals surface area contributed by atoms with Gasteiger partial charge >= 0.3 is 11.8 Å². The average Bonchev–Trinajstić information content (AvgIpc) is 3.68. The number of carbonyl (C=O) groups is 1. The standard InChI is InChI=1S/C32H43Cl2N9O5/c1-32(2,3)48-31(46)42-12-9-20(10-13-42)8-11-40-14-16-41(17-15-40)29-35-26-25(28(44)39(5)30(45)38(26)4)43(29)19-24-36-37-27(47-24)21-6-7-22(33)23(34)18-21/h6-7,18,20,24,36H,8-17,19H2,1-5H3. The molecule has 14 nitrogen and oxygen atoms in total. The number of likely N-dealkylation sites (tertiary alicyclic amines) is 1. The van der Waals surface area contributed by atoms with Gasteiger partial charge in [-0.25, -0.2) is 9.59 Å². The Morgan fingerprint density at radius 2 is 1.73 bits per heavy atom. The Balaban J connectivity index is 1.11. The number of anilines is 1. The monoisotopic (exact) mass is 703 g/mol. The first-order valence-electron chi connectivity index (χ1n) is 16.4. The second-order valence-corrected chi connectivity index (χ2v) is 14.5. The molecule has 0 saturated carbocycles. The SMILES string of the molecule is Cn1c(=O)c2c(nc(N3CCN(CCC4CCN(C(=O)OC(C)(C)C)CC4)CC3)n2CC2NN=C(c3ccc(Cl)c(Cl)c3)O2)n(C)c1=O. The highest BCUT2D eigenvalue weighted by Gasteiger charge is 2.31. The Hall–Kier alpha value is -3.75. The zero-order valence-electron chi connectivity index (χ0n) is 28.0. The molecule has 6 rings (SSSR count). The first-order chi connectivity index (χ1) is 22.8. The number of rotatable bonds is 7. The number of hydrazone groups is 1. The summed E-state index contributed by atoms with van der Waals surface area (Å²) in [5, 5.41) is 5.17. The lowest BCUT2D eigenvalue weighted by molar-refractivity contribution is 0.0177. The fourth-order valence-corrected chi connectivity index (χ4v) is 6.74. The molecule has 260 valence electrons. The van der Waals surface area contributed by atoms with Gasteiger partial charge in [-0.2, -0.15) is 4.98 Å². The molecule has 0 bridgehead atoms. The van der Waals surface area contributed by atoms with E-state index in [1.807, 2.05) is 30.2 Å². The zero-order chi connectivity index (χ0) is 34.3. The minimum atomic E-state index is -0.601. The number of ether oxygens (including phenoxy) is 2. The maximum atomic E-state index is 13.5. The lowest BCUT2D eigenvalue weighted by Crippen LogP contribution is -2.48. The number of benzene rings is 1. The number of carbonyl (C=O) groups excluding carboxylic acids is 1. The van der Waals surface area contributed by atoms with Crippen molar-refractivity contribution in [1.82, 2.24) is 33.9 Å². The van der Waals surface area contributed by atoms with E-state index in [2.05, 4.69) is 20.3 Å². The van der Waals surface area contributed by atoms with Crippen molar-refractivity contribution in [2.75, 3.05) is 50.7 Å². The van der Waals surface area contributed by atoms with Gasteiger partial charge in [0.1, 0.15) is 5.60 Å². The van der Waals surface area contributed by atoms with Crippen molar-refractivity contribution < 1.29 is 14.3 Å². The molecule has 2 fully saturated rings. The van der Waals surface area contributed by atoms with Crippen LogP contribution in [0.3, 0.4) is 0 Å². The van der Waals surface area contributed by atoms with E-state index in [9.17, 15) is 14.4 Å². The molecule has 48 heavy (non-hydrogen) atoms. The Bertz CT molecular complexity index is 1830. The Morgan fingerprint density at radius 3 is 2.40 bits per heavy atom. The molecule has 2 saturated heterocycles. The third-order valence-electron chi connectivity index (χ3n) is 9.18. The van der Waals surface area contributed by atoms with Gasteiger partial charge in [-0.05, 0) is 70.7 Å². The summed E-state index contributed by atoms with van der Waals surface area (Å²) < 4.78 is 16.0. The molecule has 1 unspecified atom stereocenters. The number of amides is 1. The average molecular weight is 705 g/mol. The number of halogens is 2. The quantitative estimate of drug-likeness (QED) is 0.394. The van der Waals surface area contributed by atoms with Gasteiger partial charge in [0.15, 0.2) is 11.2 Å². The number of nitrogens with one attached hydrogen (secondary N) is 1. The van der Waals surface area contributed by atoms with Crippen LogP contribution in [0.2, 0.25) is 10.0 Å². The van der Waals surface area contributed by atoms with Crippen molar-refractivity contribution in [3.8, 4) is 0 Å².